The lowest BCUT2D eigenvalue weighted by Gasteiger charge is -2.21. The summed E-state index contributed by atoms with van der Waals surface area (Å²) in [6, 6.07) is -0.808. The molecule has 0 aromatic carbocycles. The molecule has 0 aromatic heterocycles. The quantitative estimate of drug-likeness (QED) is 0.0412. The molecule has 0 saturated heterocycles. The smallest absolute Gasteiger partial charge is 0.249 e. The van der Waals surface area contributed by atoms with Crippen LogP contribution in [0.4, 0.5) is 0 Å². The van der Waals surface area contributed by atoms with Gasteiger partial charge >= 0.3 is 0 Å². The largest absolute Gasteiger partial charge is 0.394 e. The summed E-state index contributed by atoms with van der Waals surface area (Å²) in [5.74, 6) is -0.540. The highest BCUT2D eigenvalue weighted by atomic mass is 16.3. The lowest BCUT2D eigenvalue weighted by Crippen LogP contribution is -2.48. The van der Waals surface area contributed by atoms with Crippen molar-refractivity contribution >= 4 is 5.91 Å². The highest BCUT2D eigenvalue weighted by molar-refractivity contribution is 5.80. The van der Waals surface area contributed by atoms with Crippen molar-refractivity contribution in [1.82, 2.24) is 5.32 Å². The third-order valence-electron chi connectivity index (χ3n) is 9.04. The first-order chi connectivity index (χ1) is 22.1. The van der Waals surface area contributed by atoms with Crippen LogP contribution < -0.4 is 5.32 Å². The molecule has 1 amide bonds. The van der Waals surface area contributed by atoms with Crippen LogP contribution in [0.15, 0.2) is 24.3 Å². The third-order valence-corrected chi connectivity index (χ3v) is 9.04. The average Bonchev–Trinajstić information content (AvgIpc) is 3.04. The van der Waals surface area contributed by atoms with E-state index in [1.54, 1.807) is 6.08 Å². The van der Waals surface area contributed by atoms with Crippen molar-refractivity contribution in [2.24, 2.45) is 0 Å². The third kappa shape index (κ3) is 31.2. The SMILES string of the molecule is CCCCCC/C=C\CCC(O)C(=O)NC(CO)C(O)/C=C/CCCCCCCCCCCCCCCCCCCCCCC. The van der Waals surface area contributed by atoms with Gasteiger partial charge in [0, 0.05) is 0 Å². The van der Waals surface area contributed by atoms with Crippen LogP contribution in [0.1, 0.15) is 200 Å². The number of aliphatic hydroxyl groups excluding tert-OH is 3. The molecule has 0 aliphatic carbocycles. The number of aliphatic hydroxyl groups is 3. The van der Waals surface area contributed by atoms with E-state index in [-0.39, 0.29) is 6.61 Å². The lowest BCUT2D eigenvalue weighted by atomic mass is 10.0. The summed E-state index contributed by atoms with van der Waals surface area (Å²) >= 11 is 0. The van der Waals surface area contributed by atoms with Crippen LogP contribution in [0.25, 0.3) is 0 Å². The van der Waals surface area contributed by atoms with Crippen LogP contribution in [0, 0.1) is 0 Å². The first-order valence-electron chi connectivity index (χ1n) is 19.7. The molecular weight excluding hydrogens is 558 g/mol. The molecule has 0 heterocycles. The number of nitrogens with one attached hydrogen (secondary N) is 1. The summed E-state index contributed by atoms with van der Waals surface area (Å²) in [6.45, 7) is 4.11. The Morgan fingerprint density at radius 1 is 0.533 bits per heavy atom. The molecule has 0 saturated carbocycles. The van der Waals surface area contributed by atoms with Crippen molar-refractivity contribution in [2.45, 2.75) is 218 Å². The van der Waals surface area contributed by atoms with Crippen molar-refractivity contribution < 1.29 is 20.1 Å². The normalized spacial score (nSPS) is 14.0. The van der Waals surface area contributed by atoms with Crippen LogP contribution in [0.2, 0.25) is 0 Å². The number of hydrogen-bond donors (Lipinski definition) is 4. The van der Waals surface area contributed by atoms with Crippen molar-refractivity contribution in [3.8, 4) is 0 Å². The van der Waals surface area contributed by atoms with Gasteiger partial charge in [-0.3, -0.25) is 4.79 Å². The van der Waals surface area contributed by atoms with Crippen molar-refractivity contribution in [3.05, 3.63) is 24.3 Å². The molecule has 0 aromatic rings. The molecule has 0 radical (unpaired) electrons. The molecule has 0 fully saturated rings. The zero-order valence-electron chi connectivity index (χ0n) is 30.0. The predicted molar refractivity (Wildman–Crippen MR) is 195 cm³/mol. The molecule has 3 atom stereocenters. The lowest BCUT2D eigenvalue weighted by molar-refractivity contribution is -0.131. The predicted octanol–water partition coefficient (Wildman–Crippen LogP) is 10.7. The second-order valence-corrected chi connectivity index (χ2v) is 13.5. The fraction of sp³-hybridized carbons (Fsp3) is 0.875. The summed E-state index contributed by atoms with van der Waals surface area (Å²) in [7, 11) is 0. The van der Waals surface area contributed by atoms with Gasteiger partial charge < -0.3 is 20.6 Å². The minimum atomic E-state index is -1.14. The number of allylic oxidation sites excluding steroid dienone is 3. The maximum absolute atomic E-state index is 12.3. The van der Waals surface area contributed by atoms with E-state index in [0.717, 1.165) is 19.3 Å². The summed E-state index contributed by atoms with van der Waals surface area (Å²) in [4.78, 5) is 12.3. The van der Waals surface area contributed by atoms with Gasteiger partial charge in [0.05, 0.1) is 18.8 Å². The fourth-order valence-electron chi connectivity index (χ4n) is 5.89. The number of carbonyl (C=O) groups is 1. The van der Waals surface area contributed by atoms with Gasteiger partial charge in [0.2, 0.25) is 5.91 Å². The van der Waals surface area contributed by atoms with Crippen molar-refractivity contribution in [3.63, 3.8) is 0 Å². The Morgan fingerprint density at radius 3 is 1.31 bits per heavy atom. The van der Waals surface area contributed by atoms with Crippen molar-refractivity contribution in [2.75, 3.05) is 6.61 Å². The van der Waals surface area contributed by atoms with E-state index in [4.69, 9.17) is 0 Å². The Labute approximate surface area is 280 Å². The van der Waals surface area contributed by atoms with Crippen LogP contribution in [-0.2, 0) is 4.79 Å². The Hall–Kier alpha value is -1.17. The monoisotopic (exact) mass is 636 g/mol. The first kappa shape index (κ1) is 43.8. The maximum Gasteiger partial charge on any atom is 0.249 e. The molecule has 0 spiro atoms. The fourth-order valence-corrected chi connectivity index (χ4v) is 5.89. The summed E-state index contributed by atoms with van der Waals surface area (Å²) in [6.07, 6.45) is 42.3. The maximum atomic E-state index is 12.3. The number of amides is 1. The Balaban J connectivity index is 3.62. The van der Waals surface area contributed by atoms with Gasteiger partial charge in [-0.2, -0.15) is 0 Å². The molecule has 0 rings (SSSR count). The van der Waals surface area contributed by atoms with E-state index in [9.17, 15) is 20.1 Å². The second-order valence-electron chi connectivity index (χ2n) is 13.5. The molecule has 3 unspecified atom stereocenters. The standard InChI is InChI=1S/C40H77NO4/c1-3-5-7-9-11-13-14-15-16-17-18-19-20-21-22-23-24-25-26-27-29-30-32-34-38(43)37(36-42)41-40(45)39(44)35-33-31-28-12-10-8-6-4-2/h28,31-32,34,37-39,42-44H,3-27,29-30,33,35-36H2,1-2H3,(H,41,45)/b31-28-,34-32+. The van der Waals surface area contributed by atoms with Gasteiger partial charge in [-0.1, -0.05) is 186 Å². The number of carbonyl (C=O) groups excluding carboxylic acids is 1. The highest BCUT2D eigenvalue weighted by Crippen LogP contribution is 2.15. The van der Waals surface area contributed by atoms with Gasteiger partial charge in [0.25, 0.3) is 0 Å². The Kier molecular flexibility index (Phi) is 34.8. The van der Waals surface area contributed by atoms with Crippen LogP contribution in [0.5, 0.6) is 0 Å². The highest BCUT2D eigenvalue weighted by Gasteiger charge is 2.22. The number of unbranched alkanes of at least 4 members (excludes halogenated alkanes) is 25. The molecule has 0 bridgehead atoms. The minimum Gasteiger partial charge on any atom is -0.394 e. The van der Waals surface area contributed by atoms with E-state index in [2.05, 4.69) is 25.2 Å². The molecule has 0 aliphatic heterocycles. The Bertz CT molecular complexity index is 665. The zero-order chi connectivity index (χ0) is 33.1. The van der Waals surface area contributed by atoms with Gasteiger partial charge in [-0.05, 0) is 38.5 Å². The van der Waals surface area contributed by atoms with Gasteiger partial charge in [-0.15, -0.1) is 0 Å². The molecule has 45 heavy (non-hydrogen) atoms. The molecule has 5 heteroatoms. The van der Waals surface area contributed by atoms with E-state index < -0.39 is 24.2 Å². The molecule has 5 nitrogen and oxygen atoms in total. The summed E-state index contributed by atoms with van der Waals surface area (Å²) < 4.78 is 0. The molecular formula is C40H77NO4. The van der Waals surface area contributed by atoms with Crippen LogP contribution >= 0.6 is 0 Å². The molecule has 266 valence electrons. The molecule has 4 N–H and O–H groups in total. The van der Waals surface area contributed by atoms with E-state index in [1.807, 2.05) is 12.2 Å². The van der Waals surface area contributed by atoms with Gasteiger partial charge in [-0.25, -0.2) is 0 Å². The van der Waals surface area contributed by atoms with E-state index in [1.165, 1.54) is 154 Å². The first-order valence-corrected chi connectivity index (χ1v) is 19.7. The van der Waals surface area contributed by atoms with E-state index in [0.29, 0.717) is 12.8 Å². The second kappa shape index (κ2) is 35.7. The van der Waals surface area contributed by atoms with Crippen molar-refractivity contribution in [1.29, 1.82) is 0 Å². The van der Waals surface area contributed by atoms with Gasteiger partial charge in [0.15, 0.2) is 0 Å². The van der Waals surface area contributed by atoms with Crippen LogP contribution in [0.3, 0.4) is 0 Å². The summed E-state index contributed by atoms with van der Waals surface area (Å²) in [5, 5.41) is 32.8. The topological polar surface area (TPSA) is 89.8 Å². The molecule has 0 aliphatic rings. The van der Waals surface area contributed by atoms with E-state index >= 15 is 0 Å². The zero-order valence-corrected chi connectivity index (χ0v) is 30.0. The van der Waals surface area contributed by atoms with Gasteiger partial charge in [0.1, 0.15) is 6.10 Å². The summed E-state index contributed by atoms with van der Waals surface area (Å²) in [5.41, 5.74) is 0. The van der Waals surface area contributed by atoms with Crippen LogP contribution in [-0.4, -0.2) is 46.1 Å². The number of hydrogen-bond acceptors (Lipinski definition) is 4. The Morgan fingerprint density at radius 2 is 0.889 bits per heavy atom. The number of rotatable bonds is 35. The average molecular weight is 636 g/mol. The minimum absolute atomic E-state index is 0.334.